The van der Waals surface area contributed by atoms with Gasteiger partial charge in [0.15, 0.2) is 0 Å². The minimum absolute atomic E-state index is 0.0751. The molecule has 6 nitrogen and oxygen atoms in total. The standard InChI is InChI=1S/C18H21FN4O2/c1-22-16(24)8-7-14(17(22)13-5-2-3-6-15(13)19)18(25)20-10-12-23-11-4-9-21-23/h2-6,9,11,14,17H,7-8,10,12H2,1H3,(H,20,25)/t14-,17+/m1/s1. The van der Waals surface area contributed by atoms with E-state index in [0.717, 1.165) is 0 Å². The van der Waals surface area contributed by atoms with Crippen LogP contribution in [0.25, 0.3) is 0 Å². The van der Waals surface area contributed by atoms with Crippen LogP contribution in [0.1, 0.15) is 24.4 Å². The van der Waals surface area contributed by atoms with Gasteiger partial charge in [-0.15, -0.1) is 0 Å². The molecule has 2 amide bonds. The highest BCUT2D eigenvalue weighted by Gasteiger charge is 2.39. The van der Waals surface area contributed by atoms with Gasteiger partial charge in [-0.3, -0.25) is 14.3 Å². The molecular formula is C18H21FN4O2. The van der Waals surface area contributed by atoms with Crippen LogP contribution in [-0.4, -0.2) is 40.1 Å². The molecule has 25 heavy (non-hydrogen) atoms. The average molecular weight is 344 g/mol. The number of nitrogens with one attached hydrogen (secondary N) is 1. The second-order valence-electron chi connectivity index (χ2n) is 6.18. The minimum Gasteiger partial charge on any atom is -0.354 e. The summed E-state index contributed by atoms with van der Waals surface area (Å²) >= 11 is 0. The highest BCUT2D eigenvalue weighted by molar-refractivity contribution is 5.84. The van der Waals surface area contributed by atoms with Gasteiger partial charge in [0.1, 0.15) is 5.82 Å². The highest BCUT2D eigenvalue weighted by atomic mass is 19.1. The molecule has 0 unspecified atom stereocenters. The SMILES string of the molecule is CN1C(=O)CC[C@@H](C(=O)NCCn2cccn2)[C@@H]1c1ccccc1F. The van der Waals surface area contributed by atoms with Crippen LogP contribution < -0.4 is 5.32 Å². The molecule has 2 aromatic rings. The van der Waals surface area contributed by atoms with Crippen molar-refractivity contribution in [2.24, 2.45) is 5.92 Å². The fraction of sp³-hybridized carbons (Fsp3) is 0.389. The number of halogens is 1. The molecule has 1 fully saturated rings. The van der Waals surface area contributed by atoms with Crippen molar-refractivity contribution in [1.29, 1.82) is 0 Å². The van der Waals surface area contributed by atoms with Gasteiger partial charge in [-0.1, -0.05) is 18.2 Å². The summed E-state index contributed by atoms with van der Waals surface area (Å²) in [7, 11) is 1.63. The van der Waals surface area contributed by atoms with Crippen LogP contribution in [0.15, 0.2) is 42.7 Å². The molecule has 1 aromatic carbocycles. The number of likely N-dealkylation sites (tertiary alicyclic amines) is 1. The smallest absolute Gasteiger partial charge is 0.225 e. The summed E-state index contributed by atoms with van der Waals surface area (Å²) in [5.41, 5.74) is 0.380. The lowest BCUT2D eigenvalue weighted by Gasteiger charge is -2.38. The molecule has 0 bridgehead atoms. The third-order valence-electron chi connectivity index (χ3n) is 4.62. The first-order chi connectivity index (χ1) is 12.1. The zero-order valence-corrected chi connectivity index (χ0v) is 14.1. The van der Waals surface area contributed by atoms with Gasteiger partial charge in [-0.25, -0.2) is 4.39 Å². The molecule has 0 spiro atoms. The van der Waals surface area contributed by atoms with E-state index in [2.05, 4.69) is 10.4 Å². The van der Waals surface area contributed by atoms with E-state index in [-0.39, 0.29) is 11.8 Å². The first-order valence-electron chi connectivity index (χ1n) is 8.33. The zero-order chi connectivity index (χ0) is 17.8. The maximum absolute atomic E-state index is 14.3. The molecule has 0 aliphatic carbocycles. The summed E-state index contributed by atoms with van der Waals surface area (Å²) in [4.78, 5) is 26.2. The molecule has 2 heterocycles. The third kappa shape index (κ3) is 3.70. The Morgan fingerprint density at radius 3 is 2.88 bits per heavy atom. The molecule has 1 aliphatic heterocycles. The summed E-state index contributed by atoms with van der Waals surface area (Å²) in [6, 6.07) is 7.54. The predicted octanol–water partition coefficient (Wildman–Crippen LogP) is 1.75. The van der Waals surface area contributed by atoms with Crippen LogP contribution >= 0.6 is 0 Å². The molecule has 0 radical (unpaired) electrons. The van der Waals surface area contributed by atoms with Gasteiger partial charge in [0.05, 0.1) is 18.5 Å². The molecule has 2 atom stereocenters. The molecule has 7 heteroatoms. The maximum Gasteiger partial charge on any atom is 0.225 e. The predicted molar refractivity (Wildman–Crippen MR) is 89.9 cm³/mol. The van der Waals surface area contributed by atoms with Gasteiger partial charge in [0.2, 0.25) is 11.8 Å². The lowest BCUT2D eigenvalue weighted by molar-refractivity contribution is -0.141. The van der Waals surface area contributed by atoms with Crippen molar-refractivity contribution in [2.75, 3.05) is 13.6 Å². The number of rotatable bonds is 5. The van der Waals surface area contributed by atoms with E-state index >= 15 is 0 Å². The van der Waals surface area contributed by atoms with E-state index in [0.29, 0.717) is 31.5 Å². The first-order valence-corrected chi connectivity index (χ1v) is 8.33. The van der Waals surface area contributed by atoms with E-state index in [4.69, 9.17) is 0 Å². The van der Waals surface area contributed by atoms with Gasteiger partial charge in [-0.2, -0.15) is 5.10 Å². The highest BCUT2D eigenvalue weighted by Crippen LogP contribution is 2.36. The molecule has 1 saturated heterocycles. The number of benzene rings is 1. The summed E-state index contributed by atoms with van der Waals surface area (Å²) in [6.07, 6.45) is 4.20. The number of hydrogen-bond donors (Lipinski definition) is 1. The topological polar surface area (TPSA) is 67.2 Å². The number of amides is 2. The van der Waals surface area contributed by atoms with E-state index in [9.17, 15) is 14.0 Å². The molecule has 0 saturated carbocycles. The number of hydrogen-bond acceptors (Lipinski definition) is 3. The van der Waals surface area contributed by atoms with E-state index in [1.54, 1.807) is 36.1 Å². The van der Waals surface area contributed by atoms with Crippen molar-refractivity contribution in [3.63, 3.8) is 0 Å². The van der Waals surface area contributed by atoms with Gasteiger partial charge < -0.3 is 10.2 Å². The molecule has 1 aromatic heterocycles. The van der Waals surface area contributed by atoms with Crippen molar-refractivity contribution >= 4 is 11.8 Å². The molecule has 1 aliphatic rings. The van der Waals surface area contributed by atoms with Crippen molar-refractivity contribution in [2.45, 2.75) is 25.4 Å². The van der Waals surface area contributed by atoms with Crippen LogP contribution in [0.4, 0.5) is 4.39 Å². The Hall–Kier alpha value is -2.70. The summed E-state index contributed by atoms with van der Waals surface area (Å²) in [5.74, 6) is -1.12. The Morgan fingerprint density at radius 1 is 1.36 bits per heavy atom. The minimum atomic E-state index is -0.591. The summed E-state index contributed by atoms with van der Waals surface area (Å²) < 4.78 is 16.0. The van der Waals surface area contributed by atoms with E-state index in [1.807, 2.05) is 12.3 Å². The average Bonchev–Trinajstić information content (AvgIpc) is 3.11. The van der Waals surface area contributed by atoms with Gasteiger partial charge in [0.25, 0.3) is 0 Å². The number of carbonyl (C=O) groups excluding carboxylic acids is 2. The van der Waals surface area contributed by atoms with Crippen molar-refractivity contribution in [3.8, 4) is 0 Å². The Morgan fingerprint density at radius 2 is 2.16 bits per heavy atom. The molecule has 132 valence electrons. The van der Waals surface area contributed by atoms with Crippen molar-refractivity contribution < 1.29 is 14.0 Å². The monoisotopic (exact) mass is 344 g/mol. The normalized spacial score (nSPS) is 20.6. The van der Waals surface area contributed by atoms with Crippen molar-refractivity contribution in [1.82, 2.24) is 20.0 Å². The first kappa shape index (κ1) is 17.1. The summed E-state index contributed by atoms with van der Waals surface area (Å²) in [5, 5.41) is 6.97. The van der Waals surface area contributed by atoms with E-state index in [1.165, 1.54) is 11.0 Å². The number of carbonyl (C=O) groups is 2. The van der Waals surface area contributed by atoms with Crippen molar-refractivity contribution in [3.05, 3.63) is 54.1 Å². The lowest BCUT2D eigenvalue weighted by Crippen LogP contribution is -2.47. The number of aromatic nitrogens is 2. The molecule has 1 N–H and O–H groups in total. The van der Waals surface area contributed by atoms with Crippen LogP contribution in [0.5, 0.6) is 0 Å². The Balaban J connectivity index is 1.74. The lowest BCUT2D eigenvalue weighted by atomic mass is 9.83. The molecular weight excluding hydrogens is 323 g/mol. The summed E-state index contributed by atoms with van der Waals surface area (Å²) in [6.45, 7) is 0.989. The Labute approximate surface area is 145 Å². The Kier molecular flexibility index (Phi) is 5.11. The number of piperidine rings is 1. The fourth-order valence-corrected chi connectivity index (χ4v) is 3.31. The van der Waals surface area contributed by atoms with Gasteiger partial charge >= 0.3 is 0 Å². The second-order valence-corrected chi connectivity index (χ2v) is 6.18. The molecule has 3 rings (SSSR count). The largest absolute Gasteiger partial charge is 0.354 e. The van der Waals surface area contributed by atoms with Gasteiger partial charge in [-0.05, 0) is 18.6 Å². The van der Waals surface area contributed by atoms with Gasteiger partial charge in [0, 0.05) is 38.0 Å². The number of nitrogens with zero attached hydrogens (tertiary/aromatic N) is 3. The van der Waals surface area contributed by atoms with Crippen LogP contribution in [-0.2, 0) is 16.1 Å². The third-order valence-corrected chi connectivity index (χ3v) is 4.62. The van der Waals surface area contributed by atoms with Crippen LogP contribution in [0.3, 0.4) is 0 Å². The quantitative estimate of drug-likeness (QED) is 0.899. The second kappa shape index (κ2) is 7.46. The van der Waals surface area contributed by atoms with Crippen LogP contribution in [0.2, 0.25) is 0 Å². The van der Waals surface area contributed by atoms with Crippen LogP contribution in [0, 0.1) is 11.7 Å². The maximum atomic E-state index is 14.3. The Bertz CT molecular complexity index is 747. The fourth-order valence-electron chi connectivity index (χ4n) is 3.31. The zero-order valence-electron chi connectivity index (χ0n) is 14.1. The van der Waals surface area contributed by atoms with E-state index < -0.39 is 17.8 Å².